The third kappa shape index (κ3) is 8.44. The molecule has 0 aliphatic heterocycles. The van der Waals surface area contributed by atoms with Crippen molar-refractivity contribution in [1.29, 1.82) is 0 Å². The highest BCUT2D eigenvalue weighted by Gasteiger charge is 2.35. The first kappa shape index (κ1) is 33.4. The molecule has 1 N–H and O–H groups in total. The molecule has 1 atom stereocenters. The van der Waals surface area contributed by atoms with Crippen LogP contribution >= 0.6 is 15.9 Å². The SMILES string of the molecule is CCc1ccc(N(CC(=O)N(Cc2ccc(Br)cc2)C(Cc2ccccc2)C(=O)NC2CCCC2)S(=O)(=O)c2ccccc2)cc1. The number of halogens is 1. The molecule has 4 aromatic carbocycles. The lowest BCUT2D eigenvalue weighted by atomic mass is 10.0. The molecular formula is C37H40BrN3O4S. The van der Waals surface area contributed by atoms with E-state index in [2.05, 4.69) is 21.2 Å². The van der Waals surface area contributed by atoms with Crippen LogP contribution in [0.2, 0.25) is 0 Å². The summed E-state index contributed by atoms with van der Waals surface area (Å²) < 4.78 is 30.3. The summed E-state index contributed by atoms with van der Waals surface area (Å²) in [5.41, 5.74) is 3.17. The maximum atomic E-state index is 14.6. The quantitative estimate of drug-likeness (QED) is 0.164. The van der Waals surface area contributed by atoms with Gasteiger partial charge in [0.25, 0.3) is 10.0 Å². The van der Waals surface area contributed by atoms with Gasteiger partial charge in [-0.25, -0.2) is 8.42 Å². The second-order valence-corrected chi connectivity index (χ2v) is 14.5. The van der Waals surface area contributed by atoms with E-state index in [-0.39, 0.29) is 29.8 Å². The Bertz CT molecular complexity index is 1690. The van der Waals surface area contributed by atoms with E-state index < -0.39 is 28.5 Å². The fraction of sp³-hybridized carbons (Fsp3) is 0.297. The van der Waals surface area contributed by atoms with Gasteiger partial charge >= 0.3 is 0 Å². The van der Waals surface area contributed by atoms with Gasteiger partial charge < -0.3 is 10.2 Å². The highest BCUT2D eigenvalue weighted by Crippen LogP contribution is 2.26. The van der Waals surface area contributed by atoms with Gasteiger partial charge in [0.15, 0.2) is 0 Å². The van der Waals surface area contributed by atoms with Crippen molar-refractivity contribution < 1.29 is 18.0 Å². The van der Waals surface area contributed by atoms with E-state index >= 15 is 0 Å². The van der Waals surface area contributed by atoms with E-state index in [0.717, 1.165) is 57.6 Å². The van der Waals surface area contributed by atoms with Crippen molar-refractivity contribution in [3.8, 4) is 0 Å². The van der Waals surface area contributed by atoms with E-state index in [1.807, 2.05) is 73.7 Å². The maximum absolute atomic E-state index is 14.6. The Kier molecular flexibility index (Phi) is 11.3. The number of hydrogen-bond acceptors (Lipinski definition) is 4. The Morgan fingerprint density at radius 3 is 2.00 bits per heavy atom. The largest absolute Gasteiger partial charge is 0.352 e. The Morgan fingerprint density at radius 1 is 0.804 bits per heavy atom. The molecule has 0 bridgehead atoms. The van der Waals surface area contributed by atoms with Crippen molar-refractivity contribution in [2.75, 3.05) is 10.8 Å². The van der Waals surface area contributed by atoms with Crippen LogP contribution < -0.4 is 9.62 Å². The van der Waals surface area contributed by atoms with E-state index in [0.29, 0.717) is 5.69 Å². The molecular weight excluding hydrogens is 662 g/mol. The number of hydrogen-bond donors (Lipinski definition) is 1. The minimum Gasteiger partial charge on any atom is -0.352 e. The number of rotatable bonds is 13. The lowest BCUT2D eigenvalue weighted by Crippen LogP contribution is -2.54. The summed E-state index contributed by atoms with van der Waals surface area (Å²) in [7, 11) is -4.13. The van der Waals surface area contributed by atoms with Crippen molar-refractivity contribution in [3.63, 3.8) is 0 Å². The topological polar surface area (TPSA) is 86.8 Å². The van der Waals surface area contributed by atoms with Crippen molar-refractivity contribution >= 4 is 43.5 Å². The summed E-state index contributed by atoms with van der Waals surface area (Å²) in [4.78, 5) is 30.3. The molecule has 0 aromatic heterocycles. The zero-order valence-electron chi connectivity index (χ0n) is 26.0. The third-order valence-corrected chi connectivity index (χ3v) is 10.8. The molecule has 0 saturated heterocycles. The third-order valence-electron chi connectivity index (χ3n) is 8.48. The number of nitrogens with zero attached hydrogens (tertiary/aromatic N) is 2. The number of sulfonamides is 1. The molecule has 240 valence electrons. The van der Waals surface area contributed by atoms with Gasteiger partial charge in [-0.2, -0.15) is 0 Å². The van der Waals surface area contributed by atoms with Gasteiger partial charge in [0.2, 0.25) is 11.8 Å². The second-order valence-electron chi connectivity index (χ2n) is 11.7. The van der Waals surface area contributed by atoms with Crippen molar-refractivity contribution in [3.05, 3.63) is 130 Å². The smallest absolute Gasteiger partial charge is 0.264 e. The van der Waals surface area contributed by atoms with Crippen LogP contribution in [0.25, 0.3) is 0 Å². The first-order valence-electron chi connectivity index (χ1n) is 15.8. The molecule has 5 rings (SSSR count). The van der Waals surface area contributed by atoms with Gasteiger partial charge in [-0.15, -0.1) is 0 Å². The van der Waals surface area contributed by atoms with Crippen LogP contribution in [0.1, 0.15) is 49.3 Å². The first-order chi connectivity index (χ1) is 22.2. The van der Waals surface area contributed by atoms with Crippen LogP contribution in [-0.2, 0) is 39.0 Å². The molecule has 1 unspecified atom stereocenters. The lowest BCUT2D eigenvalue weighted by molar-refractivity contribution is -0.140. The minimum atomic E-state index is -4.13. The van der Waals surface area contributed by atoms with Gasteiger partial charge in [0.1, 0.15) is 12.6 Å². The molecule has 0 spiro atoms. The predicted octanol–water partition coefficient (Wildman–Crippen LogP) is 6.91. The number of carbonyl (C=O) groups is 2. The van der Waals surface area contributed by atoms with Crippen molar-refractivity contribution in [1.82, 2.24) is 10.2 Å². The Morgan fingerprint density at radius 2 is 1.39 bits per heavy atom. The summed E-state index contributed by atoms with van der Waals surface area (Å²) >= 11 is 3.48. The van der Waals surface area contributed by atoms with Crippen molar-refractivity contribution in [2.24, 2.45) is 0 Å². The van der Waals surface area contributed by atoms with Gasteiger partial charge in [-0.1, -0.05) is 108 Å². The van der Waals surface area contributed by atoms with Gasteiger partial charge in [0.05, 0.1) is 10.6 Å². The molecule has 9 heteroatoms. The van der Waals surface area contributed by atoms with Gasteiger partial charge in [-0.05, 0) is 72.4 Å². The normalized spacial score (nSPS) is 14.0. The summed E-state index contributed by atoms with van der Waals surface area (Å²) in [5, 5.41) is 3.21. The zero-order valence-corrected chi connectivity index (χ0v) is 28.4. The molecule has 0 radical (unpaired) electrons. The number of aryl methyl sites for hydroxylation is 1. The molecule has 1 aliphatic rings. The Balaban J connectivity index is 1.55. The minimum absolute atomic E-state index is 0.0578. The van der Waals surface area contributed by atoms with E-state index in [1.54, 1.807) is 35.2 Å². The van der Waals surface area contributed by atoms with Crippen LogP contribution in [-0.4, -0.2) is 43.8 Å². The van der Waals surface area contributed by atoms with Crippen LogP contribution in [0.4, 0.5) is 5.69 Å². The number of nitrogens with one attached hydrogen (secondary N) is 1. The van der Waals surface area contributed by atoms with E-state index in [4.69, 9.17) is 0 Å². The average Bonchev–Trinajstić information content (AvgIpc) is 3.60. The number of benzene rings is 4. The molecule has 1 fully saturated rings. The van der Waals surface area contributed by atoms with E-state index in [1.165, 1.54) is 12.1 Å². The molecule has 4 aromatic rings. The molecule has 1 saturated carbocycles. The van der Waals surface area contributed by atoms with E-state index in [9.17, 15) is 18.0 Å². The maximum Gasteiger partial charge on any atom is 0.264 e. The summed E-state index contributed by atoms with van der Waals surface area (Å²) in [6.07, 6.45) is 5.00. The molecule has 1 aliphatic carbocycles. The monoisotopic (exact) mass is 701 g/mol. The zero-order chi connectivity index (χ0) is 32.5. The van der Waals surface area contributed by atoms with Crippen LogP contribution in [0.5, 0.6) is 0 Å². The molecule has 7 nitrogen and oxygen atoms in total. The highest BCUT2D eigenvalue weighted by atomic mass is 79.9. The summed E-state index contributed by atoms with van der Waals surface area (Å²) in [6, 6.07) is 31.8. The Labute approximate surface area is 280 Å². The van der Waals surface area contributed by atoms with Crippen LogP contribution in [0.3, 0.4) is 0 Å². The van der Waals surface area contributed by atoms with Crippen LogP contribution in [0.15, 0.2) is 119 Å². The van der Waals surface area contributed by atoms with Gasteiger partial charge in [-0.3, -0.25) is 13.9 Å². The van der Waals surface area contributed by atoms with Crippen LogP contribution in [0, 0.1) is 0 Å². The number of anilines is 1. The van der Waals surface area contributed by atoms with Crippen molar-refractivity contribution in [2.45, 2.75) is 69.0 Å². The first-order valence-corrected chi connectivity index (χ1v) is 18.0. The Hall–Kier alpha value is -3.95. The fourth-order valence-electron chi connectivity index (χ4n) is 5.85. The summed E-state index contributed by atoms with van der Waals surface area (Å²) in [6.45, 7) is 1.69. The number of carbonyl (C=O) groups excluding carboxylic acids is 2. The highest BCUT2D eigenvalue weighted by molar-refractivity contribution is 9.10. The second kappa shape index (κ2) is 15.6. The number of amides is 2. The molecule has 2 amide bonds. The standard InChI is InChI=1S/C37H40BrN3O4S/c1-2-28-19-23-33(24-20-28)41(46(44,45)34-15-7-4-8-16-34)27-36(42)40(26-30-17-21-31(38)22-18-30)35(25-29-11-5-3-6-12-29)37(43)39-32-13-9-10-14-32/h3-8,11-12,15-24,32,35H,2,9-10,13-14,25-27H2,1H3,(H,39,43). The molecule has 46 heavy (non-hydrogen) atoms. The average molecular weight is 703 g/mol. The lowest BCUT2D eigenvalue weighted by Gasteiger charge is -2.34. The fourth-order valence-corrected chi connectivity index (χ4v) is 7.55. The molecule has 0 heterocycles. The van der Waals surface area contributed by atoms with Gasteiger partial charge in [0, 0.05) is 23.5 Å². The predicted molar refractivity (Wildman–Crippen MR) is 186 cm³/mol. The summed E-state index contributed by atoms with van der Waals surface area (Å²) in [5.74, 6) is -0.699.